The van der Waals surface area contributed by atoms with Gasteiger partial charge in [-0.3, -0.25) is 0 Å². The van der Waals surface area contributed by atoms with Crippen LogP contribution in [0.25, 0.3) is 11.0 Å². The van der Waals surface area contributed by atoms with Gasteiger partial charge in [0.2, 0.25) is 0 Å². The summed E-state index contributed by atoms with van der Waals surface area (Å²) in [5, 5.41) is 10.2. The monoisotopic (exact) mass is 244 g/mol. The number of aryl methyl sites for hydroxylation is 2. The van der Waals surface area contributed by atoms with E-state index in [1.54, 1.807) is 0 Å². The molecule has 96 valence electrons. The molecule has 1 N–H and O–H groups in total. The number of benzene rings is 1. The summed E-state index contributed by atoms with van der Waals surface area (Å²) in [6.07, 6.45) is 5.98. The van der Waals surface area contributed by atoms with Gasteiger partial charge in [0, 0.05) is 0 Å². The lowest BCUT2D eigenvalue weighted by Crippen LogP contribution is -2.27. The summed E-state index contributed by atoms with van der Waals surface area (Å²) in [5.41, 5.74) is 4.76. The summed E-state index contributed by atoms with van der Waals surface area (Å²) in [7, 11) is 0. The van der Waals surface area contributed by atoms with E-state index in [9.17, 15) is 5.11 Å². The smallest absolute Gasteiger partial charge is 0.0961 e. The van der Waals surface area contributed by atoms with Crippen molar-refractivity contribution in [1.29, 1.82) is 0 Å². The fraction of sp³-hybridized carbons (Fsp3) is 0.533. The molecule has 0 radical (unpaired) electrons. The normalized spacial score (nSPS) is 24.6. The lowest BCUT2D eigenvalue weighted by Gasteiger charge is -2.29. The molecule has 18 heavy (non-hydrogen) atoms. The maximum absolute atomic E-state index is 10.2. The molecule has 1 saturated carbocycles. The first kappa shape index (κ1) is 11.7. The zero-order valence-corrected chi connectivity index (χ0v) is 11.1. The highest BCUT2D eigenvalue weighted by Gasteiger charge is 2.25. The molecule has 1 heterocycles. The quantitative estimate of drug-likeness (QED) is 0.837. The number of aliphatic hydroxyl groups excluding tert-OH is 1. The molecule has 3 rings (SSSR count). The Bertz CT molecular complexity index is 573. The molecule has 1 aliphatic rings. The third-order valence-corrected chi connectivity index (χ3v) is 4.24. The zero-order valence-electron chi connectivity index (χ0n) is 11.1. The maximum atomic E-state index is 10.2. The minimum Gasteiger partial charge on any atom is -0.391 e. The summed E-state index contributed by atoms with van der Waals surface area (Å²) in [6, 6.07) is 4.53. The van der Waals surface area contributed by atoms with Gasteiger partial charge >= 0.3 is 0 Å². The number of imidazole rings is 1. The summed E-state index contributed by atoms with van der Waals surface area (Å²) < 4.78 is 2.17. The van der Waals surface area contributed by atoms with Crippen molar-refractivity contribution in [2.45, 2.75) is 51.7 Å². The molecule has 0 spiro atoms. The van der Waals surface area contributed by atoms with Crippen LogP contribution in [0.5, 0.6) is 0 Å². The van der Waals surface area contributed by atoms with Crippen LogP contribution in [0.15, 0.2) is 18.5 Å². The number of fused-ring (bicyclic) bond motifs is 1. The Balaban J connectivity index is 2.09. The predicted molar refractivity (Wildman–Crippen MR) is 72.7 cm³/mol. The number of rotatable bonds is 1. The van der Waals surface area contributed by atoms with E-state index >= 15 is 0 Å². The van der Waals surface area contributed by atoms with Gasteiger partial charge in [-0.1, -0.05) is 12.8 Å². The molecule has 2 aromatic rings. The number of nitrogens with zero attached hydrogens (tertiary/aromatic N) is 2. The van der Waals surface area contributed by atoms with E-state index in [1.165, 1.54) is 17.5 Å². The number of hydrogen-bond acceptors (Lipinski definition) is 2. The van der Waals surface area contributed by atoms with Crippen LogP contribution in [0.3, 0.4) is 0 Å². The Hall–Kier alpha value is -1.35. The van der Waals surface area contributed by atoms with Gasteiger partial charge in [-0.25, -0.2) is 4.98 Å². The van der Waals surface area contributed by atoms with Gasteiger partial charge in [-0.15, -0.1) is 0 Å². The lowest BCUT2D eigenvalue weighted by atomic mass is 9.92. The summed E-state index contributed by atoms with van der Waals surface area (Å²) >= 11 is 0. The second kappa shape index (κ2) is 4.39. The van der Waals surface area contributed by atoms with E-state index in [-0.39, 0.29) is 12.1 Å². The second-order valence-electron chi connectivity index (χ2n) is 5.50. The highest BCUT2D eigenvalue weighted by Crippen LogP contribution is 2.31. The molecule has 3 heteroatoms. The van der Waals surface area contributed by atoms with Gasteiger partial charge in [-0.2, -0.15) is 0 Å². The van der Waals surface area contributed by atoms with E-state index in [4.69, 9.17) is 0 Å². The lowest BCUT2D eigenvalue weighted by molar-refractivity contribution is 0.0773. The van der Waals surface area contributed by atoms with E-state index in [1.807, 2.05) is 6.33 Å². The fourth-order valence-electron chi connectivity index (χ4n) is 2.96. The van der Waals surface area contributed by atoms with E-state index in [0.717, 1.165) is 30.3 Å². The van der Waals surface area contributed by atoms with Crippen molar-refractivity contribution < 1.29 is 5.11 Å². The van der Waals surface area contributed by atoms with Gasteiger partial charge in [0.1, 0.15) is 0 Å². The summed E-state index contributed by atoms with van der Waals surface area (Å²) in [6.45, 7) is 4.24. The molecule has 1 fully saturated rings. The van der Waals surface area contributed by atoms with E-state index in [0.29, 0.717) is 0 Å². The molecular weight excluding hydrogens is 224 g/mol. The Morgan fingerprint density at radius 2 is 1.89 bits per heavy atom. The van der Waals surface area contributed by atoms with E-state index < -0.39 is 0 Å². The van der Waals surface area contributed by atoms with Gasteiger partial charge in [0.15, 0.2) is 0 Å². The van der Waals surface area contributed by atoms with Crippen molar-refractivity contribution in [2.75, 3.05) is 0 Å². The molecule has 0 saturated heterocycles. The minimum atomic E-state index is -0.224. The first-order valence-electron chi connectivity index (χ1n) is 6.78. The van der Waals surface area contributed by atoms with E-state index in [2.05, 4.69) is 35.5 Å². The Kier molecular flexibility index (Phi) is 2.86. The third-order valence-electron chi connectivity index (χ3n) is 4.24. The molecule has 0 amide bonds. The highest BCUT2D eigenvalue weighted by molar-refractivity contribution is 5.77. The molecule has 1 aromatic heterocycles. The predicted octanol–water partition coefficient (Wildman–Crippen LogP) is 3.13. The molecule has 0 aliphatic heterocycles. The van der Waals surface area contributed by atoms with Crippen molar-refractivity contribution in [3.63, 3.8) is 0 Å². The van der Waals surface area contributed by atoms with Crippen LogP contribution < -0.4 is 0 Å². The Morgan fingerprint density at radius 1 is 1.17 bits per heavy atom. The van der Waals surface area contributed by atoms with Crippen LogP contribution in [0.4, 0.5) is 0 Å². The molecular formula is C15H20N2O. The van der Waals surface area contributed by atoms with Gasteiger partial charge in [0.25, 0.3) is 0 Å². The number of aromatic nitrogens is 2. The summed E-state index contributed by atoms with van der Waals surface area (Å²) in [5.74, 6) is 0. The molecule has 1 aliphatic carbocycles. The largest absolute Gasteiger partial charge is 0.391 e. The molecule has 0 bridgehead atoms. The van der Waals surface area contributed by atoms with Crippen LogP contribution >= 0.6 is 0 Å². The van der Waals surface area contributed by atoms with Crippen molar-refractivity contribution in [1.82, 2.24) is 9.55 Å². The second-order valence-corrected chi connectivity index (χ2v) is 5.50. The van der Waals surface area contributed by atoms with Gasteiger partial charge in [-0.05, 0) is 49.9 Å². The highest BCUT2D eigenvalue weighted by atomic mass is 16.3. The molecule has 3 nitrogen and oxygen atoms in total. The van der Waals surface area contributed by atoms with Crippen LogP contribution in [0.1, 0.15) is 42.9 Å². The van der Waals surface area contributed by atoms with Crippen molar-refractivity contribution in [3.8, 4) is 0 Å². The standard InChI is InChI=1S/C15H20N2O/c1-10-7-12-14(8-11(10)2)17(9-16-12)13-5-3-4-6-15(13)18/h7-9,13,15,18H,3-6H2,1-2H3. The average molecular weight is 244 g/mol. The first-order chi connectivity index (χ1) is 8.66. The van der Waals surface area contributed by atoms with Crippen molar-refractivity contribution >= 4 is 11.0 Å². The maximum Gasteiger partial charge on any atom is 0.0961 e. The number of hydrogen-bond donors (Lipinski definition) is 1. The SMILES string of the molecule is Cc1cc2ncn(C3CCCCC3O)c2cc1C. The van der Waals surface area contributed by atoms with Crippen LogP contribution in [-0.2, 0) is 0 Å². The van der Waals surface area contributed by atoms with Gasteiger partial charge < -0.3 is 9.67 Å². The number of aliphatic hydroxyl groups is 1. The Morgan fingerprint density at radius 3 is 2.67 bits per heavy atom. The Labute approximate surface area is 107 Å². The van der Waals surface area contributed by atoms with Crippen molar-refractivity contribution in [3.05, 3.63) is 29.6 Å². The van der Waals surface area contributed by atoms with Crippen LogP contribution in [0.2, 0.25) is 0 Å². The van der Waals surface area contributed by atoms with Crippen LogP contribution in [0, 0.1) is 13.8 Å². The molecule has 2 atom stereocenters. The average Bonchev–Trinajstić information content (AvgIpc) is 2.73. The summed E-state index contributed by atoms with van der Waals surface area (Å²) in [4.78, 5) is 4.48. The topological polar surface area (TPSA) is 38.0 Å². The molecule has 1 aromatic carbocycles. The minimum absolute atomic E-state index is 0.200. The van der Waals surface area contributed by atoms with Gasteiger partial charge in [0.05, 0.1) is 29.5 Å². The third kappa shape index (κ3) is 1.83. The zero-order chi connectivity index (χ0) is 12.7. The molecule has 2 unspecified atom stereocenters. The van der Waals surface area contributed by atoms with Crippen LogP contribution in [-0.4, -0.2) is 20.8 Å². The van der Waals surface area contributed by atoms with Crippen molar-refractivity contribution in [2.24, 2.45) is 0 Å². The first-order valence-corrected chi connectivity index (χ1v) is 6.78. The fourth-order valence-corrected chi connectivity index (χ4v) is 2.96.